The van der Waals surface area contributed by atoms with Gasteiger partial charge in [-0.2, -0.15) is 0 Å². The van der Waals surface area contributed by atoms with E-state index in [1.807, 2.05) is 36.4 Å². The molecule has 1 aliphatic carbocycles. The first kappa shape index (κ1) is 27.5. The molecule has 3 aromatic rings. The predicted molar refractivity (Wildman–Crippen MR) is 143 cm³/mol. The maximum Gasteiger partial charge on any atom is 0.271 e. The molecular formula is C31H39N3O5. The van der Waals surface area contributed by atoms with Crippen molar-refractivity contribution in [3.63, 3.8) is 0 Å². The molecule has 2 bridgehead atoms. The zero-order valence-corrected chi connectivity index (χ0v) is 22.5. The topological polar surface area (TPSA) is 109 Å². The highest BCUT2D eigenvalue weighted by atomic mass is 16.5. The molecule has 208 valence electrons. The van der Waals surface area contributed by atoms with E-state index in [0.29, 0.717) is 30.9 Å². The van der Waals surface area contributed by atoms with Crippen LogP contribution < -0.4 is 5.11 Å². The van der Waals surface area contributed by atoms with Gasteiger partial charge < -0.3 is 28.6 Å². The summed E-state index contributed by atoms with van der Waals surface area (Å²) in [6, 6.07) is 20.4. The lowest BCUT2D eigenvalue weighted by atomic mass is 9.73. The molecule has 2 atom stereocenters. The Morgan fingerprint density at radius 2 is 1.62 bits per heavy atom. The van der Waals surface area contributed by atoms with Crippen molar-refractivity contribution in [3.05, 3.63) is 83.6 Å². The third-order valence-electron chi connectivity index (χ3n) is 9.02. The lowest BCUT2D eigenvalue weighted by molar-refractivity contribution is -0.959. The van der Waals surface area contributed by atoms with E-state index < -0.39 is 12.1 Å². The highest BCUT2D eigenvalue weighted by Crippen LogP contribution is 2.44. The first-order chi connectivity index (χ1) is 19.1. The summed E-state index contributed by atoms with van der Waals surface area (Å²) >= 11 is 0. The summed E-state index contributed by atoms with van der Waals surface area (Å²) in [6.45, 7) is 4.11. The van der Waals surface area contributed by atoms with E-state index in [4.69, 9.17) is 19.1 Å². The van der Waals surface area contributed by atoms with Gasteiger partial charge in [0.25, 0.3) is 11.8 Å². The summed E-state index contributed by atoms with van der Waals surface area (Å²) in [7, 11) is 0. The quantitative estimate of drug-likeness (QED) is 0.348. The number of carboxylic acid groups (broad SMARTS) is 1. The molecule has 4 fully saturated rings. The summed E-state index contributed by atoms with van der Waals surface area (Å²) in [5.74, 6) is 1.73. The zero-order valence-electron chi connectivity index (χ0n) is 22.5. The fourth-order valence-corrected chi connectivity index (χ4v) is 6.91. The molecule has 39 heavy (non-hydrogen) atoms. The molecule has 8 nitrogen and oxygen atoms in total. The second-order valence-electron chi connectivity index (χ2n) is 11.4. The number of aliphatic hydroxyl groups is 1. The average Bonchev–Trinajstić information content (AvgIpc) is 3.46. The normalized spacial score (nSPS) is 26.3. The minimum Gasteiger partial charge on any atom is -0.554 e. The van der Waals surface area contributed by atoms with Gasteiger partial charge in [-0.3, -0.25) is 0 Å². The van der Waals surface area contributed by atoms with E-state index in [1.54, 1.807) is 0 Å². The number of ether oxygens (including phenoxy) is 1. The number of quaternary nitrogens is 1. The van der Waals surface area contributed by atoms with Gasteiger partial charge in [0.2, 0.25) is 0 Å². The van der Waals surface area contributed by atoms with E-state index in [2.05, 4.69) is 34.5 Å². The number of nitrogens with zero attached hydrogens (tertiary/aromatic N) is 3. The SMILES string of the molecule is O=C[O-].O[C@](c1ccccc1)(c1nnc(C[N+]23CCC(CC2)[C@@H](OCc2ccccc2)C3)o1)C1CCCCC1. The smallest absolute Gasteiger partial charge is 0.271 e. The van der Waals surface area contributed by atoms with Crippen LogP contribution in [0.2, 0.25) is 0 Å². The predicted octanol–water partition coefficient (Wildman–Crippen LogP) is 3.58. The van der Waals surface area contributed by atoms with Gasteiger partial charge >= 0.3 is 0 Å². The van der Waals surface area contributed by atoms with E-state index in [0.717, 1.165) is 55.4 Å². The molecule has 1 N–H and O–H groups in total. The first-order valence-electron chi connectivity index (χ1n) is 14.2. The van der Waals surface area contributed by atoms with Crippen LogP contribution in [-0.4, -0.2) is 52.0 Å². The molecule has 0 unspecified atom stereocenters. The summed E-state index contributed by atoms with van der Waals surface area (Å²) in [6.07, 6.45) is 8.06. The number of hydrogen-bond acceptors (Lipinski definition) is 7. The molecule has 2 aromatic carbocycles. The second-order valence-corrected chi connectivity index (χ2v) is 11.4. The molecule has 1 saturated carbocycles. The third kappa shape index (κ3) is 6.08. The molecule has 0 spiro atoms. The van der Waals surface area contributed by atoms with Crippen LogP contribution in [0.25, 0.3) is 0 Å². The molecule has 3 aliphatic heterocycles. The van der Waals surface area contributed by atoms with E-state index >= 15 is 0 Å². The van der Waals surface area contributed by atoms with Crippen LogP contribution in [-0.2, 0) is 28.3 Å². The van der Waals surface area contributed by atoms with Crippen LogP contribution in [0.4, 0.5) is 0 Å². The summed E-state index contributed by atoms with van der Waals surface area (Å²) < 4.78 is 13.7. The zero-order chi connectivity index (χ0) is 27.1. The lowest BCUT2D eigenvalue weighted by Crippen LogP contribution is -2.63. The number of piperidine rings is 3. The van der Waals surface area contributed by atoms with Crippen molar-refractivity contribution < 1.29 is 28.6 Å². The van der Waals surface area contributed by atoms with E-state index in [1.165, 1.54) is 24.8 Å². The number of hydrogen-bond donors (Lipinski definition) is 1. The van der Waals surface area contributed by atoms with Crippen LogP contribution in [0.3, 0.4) is 0 Å². The van der Waals surface area contributed by atoms with Crippen molar-refractivity contribution in [2.24, 2.45) is 11.8 Å². The van der Waals surface area contributed by atoms with Gasteiger partial charge in [-0.05, 0) is 24.0 Å². The Kier molecular flexibility index (Phi) is 8.75. The fraction of sp³-hybridized carbons (Fsp3) is 0.516. The van der Waals surface area contributed by atoms with Crippen LogP contribution >= 0.6 is 0 Å². The van der Waals surface area contributed by atoms with Crippen molar-refractivity contribution in [1.82, 2.24) is 10.2 Å². The average molecular weight is 534 g/mol. The molecule has 7 rings (SSSR count). The maximum absolute atomic E-state index is 12.1. The van der Waals surface area contributed by atoms with Crippen molar-refractivity contribution in [2.45, 2.75) is 69.8 Å². The summed E-state index contributed by atoms with van der Waals surface area (Å²) in [4.78, 5) is 8.25. The lowest BCUT2D eigenvalue weighted by Gasteiger charge is -2.51. The highest BCUT2D eigenvalue weighted by molar-refractivity contribution is 5.30. The van der Waals surface area contributed by atoms with Crippen LogP contribution in [0.15, 0.2) is 65.1 Å². The number of rotatable bonds is 8. The monoisotopic (exact) mass is 533 g/mol. The minimum absolute atomic E-state index is 0.0930. The van der Waals surface area contributed by atoms with Gasteiger partial charge in [-0.25, -0.2) is 0 Å². The van der Waals surface area contributed by atoms with Gasteiger partial charge in [0.1, 0.15) is 12.6 Å². The second kappa shape index (κ2) is 12.4. The molecule has 0 radical (unpaired) electrons. The molecule has 3 saturated heterocycles. The number of benzene rings is 2. The Bertz CT molecular complexity index is 1170. The number of aromatic nitrogens is 2. The Morgan fingerprint density at radius 1 is 0.974 bits per heavy atom. The van der Waals surface area contributed by atoms with Crippen molar-refractivity contribution in [3.8, 4) is 0 Å². The third-order valence-corrected chi connectivity index (χ3v) is 9.02. The molecule has 4 heterocycles. The molecular weight excluding hydrogens is 494 g/mol. The maximum atomic E-state index is 12.1. The Morgan fingerprint density at radius 3 is 2.28 bits per heavy atom. The number of carbonyl (C=O) groups is 1. The summed E-state index contributed by atoms with van der Waals surface area (Å²) in [5, 5.41) is 29.3. The standard InChI is InChI=1S/C30H38N3O3.CH2O2/c34-30(25-12-6-2-7-13-25,26-14-8-3-9-15-26)29-32-31-28(36-29)21-33-18-16-24(17-19-33)27(20-33)35-22-23-10-4-1-5-11-23;2-1-3/h1-2,4-7,10-13,24,26-27,34H,3,8-9,14-22H2;1H,(H,2,3)/q+1;/p-1/t24?,27-,30-,33?;/m0./s1. The van der Waals surface area contributed by atoms with Crippen LogP contribution in [0.5, 0.6) is 0 Å². The van der Waals surface area contributed by atoms with Crippen molar-refractivity contribution >= 4 is 6.47 Å². The number of carbonyl (C=O) groups excluding carboxylic acids is 1. The van der Waals surface area contributed by atoms with Gasteiger partial charge in [-0.15, -0.1) is 10.2 Å². The molecule has 4 aliphatic rings. The fourth-order valence-electron chi connectivity index (χ4n) is 6.91. The van der Waals surface area contributed by atoms with Crippen LogP contribution in [0, 0.1) is 11.8 Å². The Hall–Kier alpha value is -3.07. The Labute approximate surface area is 230 Å². The first-order valence-corrected chi connectivity index (χ1v) is 14.2. The van der Waals surface area contributed by atoms with E-state index in [9.17, 15) is 5.11 Å². The van der Waals surface area contributed by atoms with Crippen LogP contribution in [0.1, 0.15) is 67.9 Å². The molecule has 8 heteroatoms. The van der Waals surface area contributed by atoms with E-state index in [-0.39, 0.29) is 12.0 Å². The van der Waals surface area contributed by atoms with Gasteiger partial charge in [-0.1, -0.05) is 79.9 Å². The van der Waals surface area contributed by atoms with Gasteiger partial charge in [0.05, 0.1) is 19.7 Å². The minimum atomic E-state index is -1.23. The highest BCUT2D eigenvalue weighted by Gasteiger charge is 2.49. The number of fused-ring (bicyclic) bond motifs is 3. The Balaban J connectivity index is 0.000000983. The molecule has 0 amide bonds. The molecule has 1 aromatic heterocycles. The largest absolute Gasteiger partial charge is 0.554 e. The van der Waals surface area contributed by atoms with Crippen molar-refractivity contribution in [2.75, 3.05) is 19.6 Å². The summed E-state index contributed by atoms with van der Waals surface area (Å²) in [5.41, 5.74) is 0.848. The van der Waals surface area contributed by atoms with Gasteiger partial charge in [0.15, 0.2) is 12.1 Å². The van der Waals surface area contributed by atoms with Crippen molar-refractivity contribution in [1.29, 1.82) is 0 Å². The van der Waals surface area contributed by atoms with Gasteiger partial charge in [0, 0.05) is 31.1 Å².